The third-order valence-corrected chi connectivity index (χ3v) is 3.96. The molecule has 7 nitrogen and oxygen atoms in total. The number of imide groups is 1. The first-order valence-corrected chi connectivity index (χ1v) is 7.55. The first kappa shape index (κ1) is 16.2. The third-order valence-electron chi connectivity index (χ3n) is 3.96. The summed E-state index contributed by atoms with van der Waals surface area (Å²) >= 11 is 0. The highest BCUT2D eigenvalue weighted by Gasteiger charge is 2.41. The van der Waals surface area contributed by atoms with E-state index in [9.17, 15) is 9.59 Å². The minimum absolute atomic E-state index is 0.000356. The highest BCUT2D eigenvalue weighted by Crippen LogP contribution is 2.31. The smallest absolute Gasteiger partial charge is 0.321 e. The normalized spacial score (nSPS) is 23.2. The summed E-state index contributed by atoms with van der Waals surface area (Å²) in [5, 5.41) is 5.02. The zero-order valence-corrected chi connectivity index (χ0v) is 13.0. The average molecular weight is 299 g/mol. The molecule has 2 saturated heterocycles. The summed E-state index contributed by atoms with van der Waals surface area (Å²) in [7, 11) is 0. The van der Waals surface area contributed by atoms with Crippen molar-refractivity contribution in [2.45, 2.75) is 51.5 Å². The van der Waals surface area contributed by atoms with Gasteiger partial charge in [0.2, 0.25) is 5.91 Å². The van der Waals surface area contributed by atoms with Crippen LogP contribution in [0.3, 0.4) is 0 Å². The monoisotopic (exact) mass is 299 g/mol. The number of rotatable bonds is 3. The molecule has 120 valence electrons. The Morgan fingerprint density at radius 3 is 2.19 bits per heavy atom. The van der Waals surface area contributed by atoms with Gasteiger partial charge in [0.25, 0.3) is 0 Å². The van der Waals surface area contributed by atoms with Crippen LogP contribution >= 0.6 is 0 Å². The summed E-state index contributed by atoms with van der Waals surface area (Å²) in [6.45, 7) is 8.24. The Morgan fingerprint density at radius 2 is 1.67 bits per heavy atom. The minimum Gasteiger partial charge on any atom is -0.347 e. The van der Waals surface area contributed by atoms with Gasteiger partial charge in [-0.2, -0.15) is 0 Å². The molecular weight excluding hydrogens is 274 g/mol. The van der Waals surface area contributed by atoms with Crippen LogP contribution in [0.1, 0.15) is 33.6 Å². The molecule has 0 unspecified atom stereocenters. The fourth-order valence-corrected chi connectivity index (χ4v) is 2.72. The second-order valence-corrected chi connectivity index (χ2v) is 5.94. The lowest BCUT2D eigenvalue weighted by molar-refractivity contribution is -0.188. The number of carbonyl (C=O) groups excluding carboxylic acids is 2. The molecule has 2 fully saturated rings. The highest BCUT2D eigenvalue weighted by atomic mass is 16.7. The molecule has 2 aliphatic rings. The van der Waals surface area contributed by atoms with Crippen LogP contribution < -0.4 is 10.6 Å². The van der Waals surface area contributed by atoms with Crippen molar-refractivity contribution in [2.24, 2.45) is 0 Å². The fourth-order valence-electron chi connectivity index (χ4n) is 2.72. The zero-order chi connectivity index (χ0) is 15.5. The number of piperidine rings is 1. The van der Waals surface area contributed by atoms with Crippen molar-refractivity contribution in [3.63, 3.8) is 0 Å². The molecule has 0 radical (unpaired) electrons. The number of likely N-dealkylation sites (tertiary alicyclic amines) is 1. The summed E-state index contributed by atoms with van der Waals surface area (Å²) in [5.74, 6) is -0.723. The van der Waals surface area contributed by atoms with E-state index >= 15 is 0 Å². The van der Waals surface area contributed by atoms with Crippen molar-refractivity contribution < 1.29 is 19.1 Å². The van der Waals surface area contributed by atoms with E-state index in [1.54, 1.807) is 0 Å². The van der Waals surface area contributed by atoms with E-state index in [4.69, 9.17) is 9.47 Å². The highest BCUT2D eigenvalue weighted by molar-refractivity contribution is 5.96. The van der Waals surface area contributed by atoms with Gasteiger partial charge < -0.3 is 14.8 Å². The molecule has 0 aliphatic carbocycles. The molecule has 2 aliphatic heterocycles. The van der Waals surface area contributed by atoms with Gasteiger partial charge in [-0.1, -0.05) is 0 Å². The van der Waals surface area contributed by atoms with Crippen molar-refractivity contribution in [3.05, 3.63) is 0 Å². The van der Waals surface area contributed by atoms with E-state index in [2.05, 4.69) is 10.6 Å². The van der Waals surface area contributed by atoms with Crippen LogP contribution in [0.25, 0.3) is 0 Å². The zero-order valence-electron chi connectivity index (χ0n) is 13.0. The van der Waals surface area contributed by atoms with Gasteiger partial charge in [0.15, 0.2) is 5.79 Å². The van der Waals surface area contributed by atoms with Gasteiger partial charge in [0.05, 0.1) is 19.3 Å². The summed E-state index contributed by atoms with van der Waals surface area (Å²) < 4.78 is 11.3. The first-order valence-electron chi connectivity index (χ1n) is 7.55. The van der Waals surface area contributed by atoms with Gasteiger partial charge in [0.1, 0.15) is 0 Å². The van der Waals surface area contributed by atoms with E-state index in [-0.39, 0.29) is 18.0 Å². The molecule has 1 spiro atoms. The molecule has 0 aromatic carbocycles. The Balaban J connectivity index is 1.79. The number of hydrogen-bond acceptors (Lipinski definition) is 5. The van der Waals surface area contributed by atoms with Gasteiger partial charge in [-0.15, -0.1) is 0 Å². The van der Waals surface area contributed by atoms with Gasteiger partial charge in [0, 0.05) is 32.0 Å². The van der Waals surface area contributed by atoms with Crippen molar-refractivity contribution >= 4 is 11.9 Å². The Morgan fingerprint density at radius 1 is 1.10 bits per heavy atom. The predicted molar refractivity (Wildman–Crippen MR) is 76.7 cm³/mol. The molecule has 2 rings (SSSR count). The molecule has 0 bridgehead atoms. The SMILES string of the molecule is CC(C)NC(=O)NC(=O)[C@@H](C)N1CCC2(CC1)OCCO2. The van der Waals surface area contributed by atoms with Crippen LogP contribution in [0, 0.1) is 0 Å². The van der Waals surface area contributed by atoms with Crippen molar-refractivity contribution in [1.82, 2.24) is 15.5 Å². The first-order chi connectivity index (χ1) is 9.92. The summed E-state index contributed by atoms with van der Waals surface area (Å²) in [6.07, 6.45) is 1.51. The largest absolute Gasteiger partial charge is 0.347 e. The van der Waals surface area contributed by atoms with Gasteiger partial charge in [-0.25, -0.2) is 4.79 Å². The van der Waals surface area contributed by atoms with Gasteiger partial charge >= 0.3 is 6.03 Å². The number of carbonyl (C=O) groups is 2. The standard InChI is InChI=1S/C14H25N3O4/c1-10(2)15-13(19)16-12(18)11(3)17-6-4-14(5-7-17)20-8-9-21-14/h10-11H,4-9H2,1-3H3,(H2,15,16,18,19)/t11-/m1/s1. The van der Waals surface area contributed by atoms with Gasteiger partial charge in [-0.05, 0) is 20.8 Å². The lowest BCUT2D eigenvalue weighted by atomic mass is 10.0. The minimum atomic E-state index is -0.446. The lowest BCUT2D eigenvalue weighted by Crippen LogP contribution is -2.54. The predicted octanol–water partition coefficient (Wildman–Crippen LogP) is 0.448. The van der Waals surface area contributed by atoms with E-state index < -0.39 is 11.8 Å². The number of amides is 3. The van der Waals surface area contributed by atoms with Crippen molar-refractivity contribution in [1.29, 1.82) is 0 Å². The molecule has 0 aromatic heterocycles. The van der Waals surface area contributed by atoms with Crippen LogP contribution in [0.2, 0.25) is 0 Å². The number of urea groups is 1. The molecular formula is C14H25N3O4. The Bertz CT molecular complexity index is 384. The van der Waals surface area contributed by atoms with Crippen molar-refractivity contribution in [3.8, 4) is 0 Å². The molecule has 1 atom stereocenters. The number of nitrogens with zero attached hydrogens (tertiary/aromatic N) is 1. The maximum atomic E-state index is 12.1. The molecule has 0 aromatic rings. The van der Waals surface area contributed by atoms with E-state index in [1.165, 1.54) is 0 Å². The molecule has 2 N–H and O–H groups in total. The molecule has 0 saturated carbocycles. The second kappa shape index (κ2) is 6.72. The molecule has 7 heteroatoms. The van der Waals surface area contributed by atoms with E-state index in [1.807, 2.05) is 25.7 Å². The summed E-state index contributed by atoms with van der Waals surface area (Å²) in [6, 6.07) is -0.793. The second-order valence-electron chi connectivity index (χ2n) is 5.94. The quantitative estimate of drug-likeness (QED) is 0.791. The van der Waals surface area contributed by atoms with E-state index in [0.29, 0.717) is 13.2 Å². The average Bonchev–Trinajstić information content (AvgIpc) is 2.86. The van der Waals surface area contributed by atoms with Crippen LogP contribution in [0.4, 0.5) is 4.79 Å². The van der Waals surface area contributed by atoms with Crippen molar-refractivity contribution in [2.75, 3.05) is 26.3 Å². The van der Waals surface area contributed by atoms with Crippen LogP contribution in [0.15, 0.2) is 0 Å². The van der Waals surface area contributed by atoms with Crippen LogP contribution in [-0.2, 0) is 14.3 Å². The van der Waals surface area contributed by atoms with E-state index in [0.717, 1.165) is 25.9 Å². The molecule has 2 heterocycles. The lowest BCUT2D eigenvalue weighted by Gasteiger charge is -2.39. The van der Waals surface area contributed by atoms with Gasteiger partial charge in [-0.3, -0.25) is 15.0 Å². The topological polar surface area (TPSA) is 79.9 Å². The van der Waals surface area contributed by atoms with Crippen LogP contribution in [-0.4, -0.2) is 61.0 Å². The Labute approximate surface area is 125 Å². The number of hydrogen-bond donors (Lipinski definition) is 2. The number of nitrogens with one attached hydrogen (secondary N) is 2. The number of ether oxygens (including phenoxy) is 2. The van der Waals surface area contributed by atoms with Crippen LogP contribution in [0.5, 0.6) is 0 Å². The molecule has 21 heavy (non-hydrogen) atoms. The summed E-state index contributed by atoms with van der Waals surface area (Å²) in [5.41, 5.74) is 0. The molecule has 3 amide bonds. The Hall–Kier alpha value is -1.18. The fraction of sp³-hybridized carbons (Fsp3) is 0.857. The summed E-state index contributed by atoms with van der Waals surface area (Å²) in [4.78, 5) is 25.7. The maximum absolute atomic E-state index is 12.1. The maximum Gasteiger partial charge on any atom is 0.321 e. The Kier molecular flexibility index (Phi) is 5.18. The third kappa shape index (κ3) is 4.15.